The minimum Gasteiger partial charge on any atom is -0.507 e. The molecule has 1 amide bonds. The van der Waals surface area contributed by atoms with Crippen molar-refractivity contribution in [2.75, 3.05) is 6.54 Å². The zero-order chi connectivity index (χ0) is 22.0. The number of Topliss-reactive ketones (excluding diaryl/α,β-unsaturated/α-hetero) is 1. The fourth-order valence-electron chi connectivity index (χ4n) is 3.71. The Morgan fingerprint density at radius 3 is 2.38 bits per heavy atom. The van der Waals surface area contributed by atoms with Gasteiger partial charge in [-0.15, -0.1) is 12.4 Å². The highest BCUT2D eigenvalue weighted by molar-refractivity contribution is 6.46. The number of aromatic nitrogens is 2. The van der Waals surface area contributed by atoms with Crippen LogP contribution in [0.5, 0.6) is 0 Å². The van der Waals surface area contributed by atoms with Crippen molar-refractivity contribution in [3.63, 3.8) is 0 Å². The molecule has 1 aliphatic heterocycles. The van der Waals surface area contributed by atoms with E-state index in [0.29, 0.717) is 29.1 Å². The van der Waals surface area contributed by atoms with Crippen LogP contribution in [0, 0.1) is 5.82 Å². The maximum atomic E-state index is 13.5. The molecule has 1 unspecified atom stereocenters. The molecule has 0 saturated carbocycles. The van der Waals surface area contributed by atoms with Crippen LogP contribution >= 0.6 is 24.0 Å². The van der Waals surface area contributed by atoms with Crippen molar-refractivity contribution in [2.45, 2.75) is 19.0 Å². The van der Waals surface area contributed by atoms with Crippen molar-refractivity contribution in [1.82, 2.24) is 14.5 Å². The third-order valence-electron chi connectivity index (χ3n) is 5.22. The number of hydrogen-bond donors (Lipinski definition) is 1. The van der Waals surface area contributed by atoms with Crippen LogP contribution in [-0.2, 0) is 16.1 Å². The van der Waals surface area contributed by atoms with Gasteiger partial charge < -0.3 is 14.6 Å². The highest BCUT2D eigenvalue weighted by atomic mass is 35.5. The van der Waals surface area contributed by atoms with Crippen molar-refractivity contribution in [1.29, 1.82) is 0 Å². The van der Waals surface area contributed by atoms with E-state index in [9.17, 15) is 19.1 Å². The monoisotopic (exact) mass is 475 g/mol. The molecule has 0 bridgehead atoms. The number of rotatable bonds is 6. The van der Waals surface area contributed by atoms with Crippen molar-refractivity contribution >= 4 is 41.5 Å². The summed E-state index contributed by atoms with van der Waals surface area (Å²) in [5.74, 6) is -2.19. The van der Waals surface area contributed by atoms with Gasteiger partial charge in [0.25, 0.3) is 11.7 Å². The van der Waals surface area contributed by atoms with E-state index >= 15 is 0 Å². The summed E-state index contributed by atoms with van der Waals surface area (Å²) in [4.78, 5) is 31.2. The van der Waals surface area contributed by atoms with E-state index in [1.54, 1.807) is 36.8 Å². The normalized spacial score (nSPS) is 17.4. The predicted octanol–water partition coefficient (Wildman–Crippen LogP) is 4.61. The molecule has 1 saturated heterocycles. The third kappa shape index (κ3) is 4.69. The highest BCUT2D eigenvalue weighted by Crippen LogP contribution is 2.39. The summed E-state index contributed by atoms with van der Waals surface area (Å²) in [7, 11) is 0. The number of aliphatic hydroxyl groups excluding tert-OH is 1. The highest BCUT2D eigenvalue weighted by Gasteiger charge is 2.45. The van der Waals surface area contributed by atoms with Gasteiger partial charge >= 0.3 is 0 Å². The lowest BCUT2D eigenvalue weighted by molar-refractivity contribution is -0.139. The Morgan fingerprint density at radius 2 is 1.75 bits per heavy atom. The Kier molecular flexibility index (Phi) is 7.33. The summed E-state index contributed by atoms with van der Waals surface area (Å²) < 4.78 is 15.4. The number of carbonyl (C=O) groups is 2. The first kappa shape index (κ1) is 23.5. The molecule has 1 aliphatic rings. The van der Waals surface area contributed by atoms with E-state index in [1.165, 1.54) is 29.2 Å². The molecule has 2 heterocycles. The molecule has 1 aromatic heterocycles. The molecular formula is C23H20Cl2FN3O3. The molecule has 1 fully saturated rings. The number of benzene rings is 2. The lowest BCUT2D eigenvalue weighted by Gasteiger charge is -2.25. The van der Waals surface area contributed by atoms with E-state index in [4.69, 9.17) is 11.6 Å². The Hall–Kier alpha value is -3.16. The number of amides is 1. The van der Waals surface area contributed by atoms with Crippen LogP contribution in [0.15, 0.2) is 72.8 Å². The fourth-order valence-corrected chi connectivity index (χ4v) is 3.83. The zero-order valence-electron chi connectivity index (χ0n) is 16.8. The van der Waals surface area contributed by atoms with Crippen LogP contribution in [-0.4, -0.2) is 37.8 Å². The van der Waals surface area contributed by atoms with Gasteiger partial charge in [0.15, 0.2) is 0 Å². The molecule has 6 nitrogen and oxygen atoms in total. The van der Waals surface area contributed by atoms with Crippen molar-refractivity contribution in [3.8, 4) is 0 Å². The topological polar surface area (TPSA) is 75.4 Å². The molecule has 0 spiro atoms. The Morgan fingerprint density at radius 1 is 1.06 bits per heavy atom. The minimum atomic E-state index is -0.820. The first-order valence-electron chi connectivity index (χ1n) is 9.71. The lowest BCUT2D eigenvalue weighted by Crippen LogP contribution is -2.31. The maximum Gasteiger partial charge on any atom is 0.295 e. The van der Waals surface area contributed by atoms with Crippen molar-refractivity contribution in [3.05, 3.63) is 94.8 Å². The van der Waals surface area contributed by atoms with Crippen LogP contribution in [0.2, 0.25) is 5.02 Å². The number of hydrogen-bond acceptors (Lipinski definition) is 4. The van der Waals surface area contributed by atoms with Crippen LogP contribution in [0.1, 0.15) is 23.6 Å². The molecular weight excluding hydrogens is 456 g/mol. The second-order valence-electron chi connectivity index (χ2n) is 7.20. The molecule has 1 N–H and O–H groups in total. The Balaban J connectivity index is 0.00000289. The number of aliphatic hydroxyl groups is 1. The SMILES string of the molecule is Cl.O=C1C(=O)N(CCCn2ccnc2)C(c2ccc(F)cc2)/C1=C(\O)c1ccc(Cl)cc1. The van der Waals surface area contributed by atoms with E-state index < -0.39 is 23.5 Å². The molecule has 2 aromatic carbocycles. The van der Waals surface area contributed by atoms with Gasteiger partial charge in [-0.3, -0.25) is 9.59 Å². The van der Waals surface area contributed by atoms with Gasteiger partial charge in [0.1, 0.15) is 11.6 Å². The Labute approximate surface area is 195 Å². The molecule has 3 aromatic rings. The molecule has 32 heavy (non-hydrogen) atoms. The zero-order valence-corrected chi connectivity index (χ0v) is 18.4. The molecule has 1 atom stereocenters. The van der Waals surface area contributed by atoms with Gasteiger partial charge in [0.05, 0.1) is 17.9 Å². The summed E-state index contributed by atoms with van der Waals surface area (Å²) in [6.45, 7) is 0.887. The summed E-state index contributed by atoms with van der Waals surface area (Å²) in [5, 5.41) is 11.4. The summed E-state index contributed by atoms with van der Waals surface area (Å²) >= 11 is 5.92. The average molecular weight is 476 g/mol. The quantitative estimate of drug-likeness (QED) is 0.320. The maximum absolute atomic E-state index is 13.5. The van der Waals surface area contributed by atoms with E-state index in [2.05, 4.69) is 4.98 Å². The standard InChI is InChI=1S/C23H19ClFN3O3.ClH/c24-17-6-2-16(3-7-17)21(29)19-20(15-4-8-18(25)9-5-15)28(23(31)22(19)30)12-1-11-27-13-10-26-14-27;/h2-10,13-14,20,29H,1,11-12H2;1H/b21-19+;. The largest absolute Gasteiger partial charge is 0.507 e. The van der Waals surface area contributed by atoms with Crippen molar-refractivity contribution < 1.29 is 19.1 Å². The molecule has 0 aliphatic carbocycles. The average Bonchev–Trinajstić information content (AvgIpc) is 3.37. The second-order valence-corrected chi connectivity index (χ2v) is 7.64. The lowest BCUT2D eigenvalue weighted by atomic mass is 9.95. The number of ketones is 1. The Bertz CT molecular complexity index is 1130. The van der Waals surface area contributed by atoms with E-state index in [1.807, 2.05) is 10.8 Å². The molecule has 9 heteroatoms. The molecule has 0 radical (unpaired) electrons. The van der Waals surface area contributed by atoms with Crippen LogP contribution in [0.25, 0.3) is 5.76 Å². The van der Waals surface area contributed by atoms with Gasteiger partial charge in [-0.05, 0) is 48.4 Å². The number of likely N-dealkylation sites (tertiary alicyclic amines) is 1. The number of halogens is 3. The fraction of sp³-hybridized carbons (Fsp3) is 0.174. The van der Waals surface area contributed by atoms with Gasteiger partial charge in [-0.25, -0.2) is 9.37 Å². The van der Waals surface area contributed by atoms with Crippen LogP contribution in [0.3, 0.4) is 0 Å². The van der Waals surface area contributed by atoms with Gasteiger partial charge in [0, 0.05) is 36.1 Å². The van der Waals surface area contributed by atoms with E-state index in [0.717, 1.165) is 0 Å². The molecule has 166 valence electrons. The number of aryl methyl sites for hydroxylation is 1. The first-order valence-corrected chi connectivity index (χ1v) is 10.1. The first-order chi connectivity index (χ1) is 15.0. The van der Waals surface area contributed by atoms with Crippen molar-refractivity contribution in [2.24, 2.45) is 0 Å². The van der Waals surface area contributed by atoms with Gasteiger partial charge in [0.2, 0.25) is 0 Å². The van der Waals surface area contributed by atoms with Gasteiger partial charge in [-0.1, -0.05) is 23.7 Å². The number of carbonyl (C=O) groups excluding carboxylic acids is 2. The van der Waals surface area contributed by atoms with Crippen LogP contribution < -0.4 is 0 Å². The smallest absolute Gasteiger partial charge is 0.295 e. The summed E-state index contributed by atoms with van der Waals surface area (Å²) in [6, 6.07) is 11.1. The number of imidazole rings is 1. The third-order valence-corrected chi connectivity index (χ3v) is 5.47. The van der Waals surface area contributed by atoms with E-state index in [-0.39, 0.29) is 30.3 Å². The van der Waals surface area contributed by atoms with Gasteiger partial charge in [-0.2, -0.15) is 0 Å². The number of nitrogens with zero attached hydrogens (tertiary/aromatic N) is 3. The minimum absolute atomic E-state index is 0. The molecule has 4 rings (SSSR count). The van der Waals surface area contributed by atoms with Crippen LogP contribution in [0.4, 0.5) is 4.39 Å². The summed E-state index contributed by atoms with van der Waals surface area (Å²) in [6.07, 6.45) is 5.72. The summed E-state index contributed by atoms with van der Waals surface area (Å²) in [5.41, 5.74) is 0.883. The predicted molar refractivity (Wildman–Crippen MR) is 121 cm³/mol. The second kappa shape index (κ2) is 9.97.